The molecule has 0 aliphatic carbocycles. The molecule has 0 saturated heterocycles. The van der Waals surface area contributed by atoms with Crippen molar-refractivity contribution in [2.75, 3.05) is 26.7 Å². The number of rotatable bonds is 6. The second kappa shape index (κ2) is 6.50. The van der Waals surface area contributed by atoms with Crippen molar-refractivity contribution in [1.29, 1.82) is 0 Å². The van der Waals surface area contributed by atoms with Gasteiger partial charge in [-0.25, -0.2) is 0 Å². The highest BCUT2D eigenvalue weighted by Gasteiger charge is 2.03. The number of carboxylic acid groups (broad SMARTS) is 1. The molecule has 0 aromatic heterocycles. The lowest BCUT2D eigenvalue weighted by Crippen LogP contribution is -2.29. The van der Waals surface area contributed by atoms with Crippen molar-refractivity contribution in [2.24, 2.45) is 0 Å². The molecule has 4 nitrogen and oxygen atoms in total. The predicted octanol–water partition coefficient (Wildman–Crippen LogP) is 1.84. The molecule has 0 aliphatic heterocycles. The lowest BCUT2D eigenvalue weighted by molar-refractivity contribution is -0.138. The van der Waals surface area contributed by atoms with Crippen molar-refractivity contribution in [1.82, 2.24) is 4.90 Å². The van der Waals surface area contributed by atoms with E-state index in [0.717, 1.165) is 10.2 Å². The molecule has 0 fully saturated rings. The summed E-state index contributed by atoms with van der Waals surface area (Å²) in [6, 6.07) is 7.52. The van der Waals surface area contributed by atoms with E-state index < -0.39 is 5.97 Å². The first kappa shape index (κ1) is 13.0. The zero-order valence-electron chi connectivity index (χ0n) is 9.02. The van der Waals surface area contributed by atoms with Crippen LogP contribution in [0.4, 0.5) is 0 Å². The van der Waals surface area contributed by atoms with Crippen LogP contribution < -0.4 is 4.74 Å². The van der Waals surface area contributed by atoms with Gasteiger partial charge in [-0.3, -0.25) is 9.69 Å². The lowest BCUT2D eigenvalue weighted by atomic mass is 10.3. The van der Waals surface area contributed by atoms with Gasteiger partial charge in [-0.1, -0.05) is 15.9 Å². The minimum Gasteiger partial charge on any atom is -0.492 e. The fourth-order valence-corrected chi connectivity index (χ4v) is 1.42. The van der Waals surface area contributed by atoms with E-state index >= 15 is 0 Å². The Morgan fingerprint density at radius 2 is 2.06 bits per heavy atom. The number of ether oxygens (including phenoxy) is 1. The van der Waals surface area contributed by atoms with Gasteiger partial charge in [0.1, 0.15) is 12.4 Å². The van der Waals surface area contributed by atoms with Gasteiger partial charge in [0.15, 0.2) is 0 Å². The van der Waals surface area contributed by atoms with Gasteiger partial charge in [0.25, 0.3) is 0 Å². The highest BCUT2D eigenvalue weighted by atomic mass is 79.9. The van der Waals surface area contributed by atoms with Crippen molar-refractivity contribution in [3.05, 3.63) is 28.7 Å². The fraction of sp³-hybridized carbons (Fsp3) is 0.364. The molecule has 0 radical (unpaired) electrons. The highest BCUT2D eigenvalue weighted by Crippen LogP contribution is 2.15. The number of nitrogens with zero attached hydrogens (tertiary/aromatic N) is 1. The van der Waals surface area contributed by atoms with Crippen LogP contribution in [-0.4, -0.2) is 42.7 Å². The van der Waals surface area contributed by atoms with Crippen LogP contribution in [0, 0.1) is 0 Å². The van der Waals surface area contributed by atoms with Gasteiger partial charge in [-0.2, -0.15) is 0 Å². The Balaban J connectivity index is 2.25. The summed E-state index contributed by atoms with van der Waals surface area (Å²) in [5, 5.41) is 8.54. The first-order chi connectivity index (χ1) is 7.58. The quantitative estimate of drug-likeness (QED) is 0.868. The molecule has 1 rings (SSSR count). The van der Waals surface area contributed by atoms with Gasteiger partial charge in [0.2, 0.25) is 0 Å². The first-order valence-electron chi connectivity index (χ1n) is 4.86. The minimum atomic E-state index is -0.828. The monoisotopic (exact) mass is 287 g/mol. The summed E-state index contributed by atoms with van der Waals surface area (Å²) in [6.07, 6.45) is 0. The Morgan fingerprint density at radius 1 is 1.44 bits per heavy atom. The molecule has 0 spiro atoms. The number of aliphatic carboxylic acids is 1. The second-order valence-corrected chi connectivity index (χ2v) is 4.35. The number of hydrogen-bond acceptors (Lipinski definition) is 3. The second-order valence-electron chi connectivity index (χ2n) is 3.43. The van der Waals surface area contributed by atoms with Crippen LogP contribution in [0.25, 0.3) is 0 Å². The smallest absolute Gasteiger partial charge is 0.317 e. The molecule has 0 saturated carbocycles. The molecular formula is C11H14BrNO3. The zero-order valence-corrected chi connectivity index (χ0v) is 10.6. The molecule has 0 aliphatic rings. The van der Waals surface area contributed by atoms with Gasteiger partial charge >= 0.3 is 5.97 Å². The molecule has 1 aromatic carbocycles. The average molecular weight is 288 g/mol. The maximum Gasteiger partial charge on any atom is 0.317 e. The summed E-state index contributed by atoms with van der Waals surface area (Å²) in [5.74, 6) is -0.0435. The molecule has 16 heavy (non-hydrogen) atoms. The van der Waals surface area contributed by atoms with Gasteiger partial charge in [0.05, 0.1) is 6.54 Å². The van der Waals surface area contributed by atoms with E-state index in [-0.39, 0.29) is 6.54 Å². The zero-order chi connectivity index (χ0) is 12.0. The molecule has 0 heterocycles. The Hall–Kier alpha value is -1.07. The summed E-state index contributed by atoms with van der Waals surface area (Å²) in [7, 11) is 1.75. The van der Waals surface area contributed by atoms with Crippen LogP contribution in [0.2, 0.25) is 0 Å². The van der Waals surface area contributed by atoms with Crippen molar-refractivity contribution in [3.63, 3.8) is 0 Å². The number of hydrogen-bond donors (Lipinski definition) is 1. The third kappa shape index (κ3) is 5.14. The van der Waals surface area contributed by atoms with Crippen LogP contribution >= 0.6 is 15.9 Å². The van der Waals surface area contributed by atoms with Crippen LogP contribution in [0.5, 0.6) is 5.75 Å². The Morgan fingerprint density at radius 3 is 2.62 bits per heavy atom. The standard InChI is InChI=1S/C11H14BrNO3/c1-13(8-11(14)15)6-7-16-10-4-2-9(12)3-5-10/h2-5H,6-8H2,1H3,(H,14,15). The Labute approximate surface area is 103 Å². The van der Waals surface area contributed by atoms with Crippen molar-refractivity contribution in [2.45, 2.75) is 0 Å². The van der Waals surface area contributed by atoms with Crippen molar-refractivity contribution >= 4 is 21.9 Å². The number of carboxylic acids is 1. The number of halogens is 1. The summed E-state index contributed by atoms with van der Waals surface area (Å²) in [4.78, 5) is 12.1. The SMILES string of the molecule is CN(CCOc1ccc(Br)cc1)CC(=O)O. The molecule has 88 valence electrons. The summed E-state index contributed by atoms with van der Waals surface area (Å²) >= 11 is 3.33. The minimum absolute atomic E-state index is 0.0314. The highest BCUT2D eigenvalue weighted by molar-refractivity contribution is 9.10. The molecule has 1 N–H and O–H groups in total. The van der Waals surface area contributed by atoms with Gasteiger partial charge in [0, 0.05) is 11.0 Å². The summed E-state index contributed by atoms with van der Waals surface area (Å²) < 4.78 is 6.46. The maximum absolute atomic E-state index is 10.4. The average Bonchev–Trinajstić information content (AvgIpc) is 2.20. The predicted molar refractivity (Wildman–Crippen MR) is 64.8 cm³/mol. The summed E-state index contributed by atoms with van der Waals surface area (Å²) in [6.45, 7) is 1.09. The van der Waals surface area contributed by atoms with Crippen molar-refractivity contribution < 1.29 is 14.6 Å². The molecule has 5 heteroatoms. The van der Waals surface area contributed by atoms with E-state index in [9.17, 15) is 4.79 Å². The normalized spacial score (nSPS) is 10.4. The van der Waals surface area contributed by atoms with Crippen LogP contribution in [0.1, 0.15) is 0 Å². The lowest BCUT2D eigenvalue weighted by Gasteiger charge is -2.14. The van der Waals surface area contributed by atoms with E-state index in [0.29, 0.717) is 13.2 Å². The van der Waals surface area contributed by atoms with E-state index in [4.69, 9.17) is 9.84 Å². The Kier molecular flexibility index (Phi) is 5.28. The van der Waals surface area contributed by atoms with E-state index in [1.807, 2.05) is 24.3 Å². The largest absolute Gasteiger partial charge is 0.492 e. The number of benzene rings is 1. The maximum atomic E-state index is 10.4. The van der Waals surface area contributed by atoms with Crippen LogP contribution in [0.3, 0.4) is 0 Å². The van der Waals surface area contributed by atoms with Gasteiger partial charge in [-0.05, 0) is 31.3 Å². The fourth-order valence-electron chi connectivity index (χ4n) is 1.16. The third-order valence-electron chi connectivity index (χ3n) is 1.96. The van der Waals surface area contributed by atoms with Gasteiger partial charge in [-0.15, -0.1) is 0 Å². The van der Waals surface area contributed by atoms with E-state index in [2.05, 4.69) is 15.9 Å². The Bertz CT molecular complexity index is 340. The molecule has 0 bridgehead atoms. The molecular weight excluding hydrogens is 274 g/mol. The van der Waals surface area contributed by atoms with E-state index in [1.165, 1.54) is 0 Å². The van der Waals surface area contributed by atoms with E-state index in [1.54, 1.807) is 11.9 Å². The molecule has 0 unspecified atom stereocenters. The van der Waals surface area contributed by atoms with Crippen LogP contribution in [-0.2, 0) is 4.79 Å². The van der Waals surface area contributed by atoms with Crippen LogP contribution in [0.15, 0.2) is 28.7 Å². The molecule has 0 amide bonds. The molecule has 0 atom stereocenters. The first-order valence-corrected chi connectivity index (χ1v) is 5.66. The third-order valence-corrected chi connectivity index (χ3v) is 2.49. The number of likely N-dealkylation sites (N-methyl/N-ethyl adjacent to an activating group) is 1. The van der Waals surface area contributed by atoms with Gasteiger partial charge < -0.3 is 9.84 Å². The van der Waals surface area contributed by atoms with Crippen molar-refractivity contribution in [3.8, 4) is 5.75 Å². The number of carbonyl (C=O) groups is 1. The summed E-state index contributed by atoms with van der Waals surface area (Å²) in [5.41, 5.74) is 0. The topological polar surface area (TPSA) is 49.8 Å². The molecule has 1 aromatic rings.